The Morgan fingerprint density at radius 3 is 2.59 bits per heavy atom. The maximum atomic E-state index is 12.0. The molecule has 0 aliphatic carbocycles. The van der Waals surface area contributed by atoms with Crippen LogP contribution in [-0.4, -0.2) is 70.3 Å². The van der Waals surface area contributed by atoms with Gasteiger partial charge in [0.05, 0.1) is 41.4 Å². The highest BCUT2D eigenvalue weighted by Crippen LogP contribution is 2.43. The molecule has 2 fully saturated rings. The molecule has 11 heteroatoms. The zero-order valence-corrected chi connectivity index (χ0v) is 27.6. The van der Waals surface area contributed by atoms with E-state index in [4.69, 9.17) is 23.8 Å². The molecule has 4 heterocycles. The third-order valence-electron chi connectivity index (χ3n) is 10.4. The molecule has 1 amide bonds. The van der Waals surface area contributed by atoms with Crippen LogP contribution in [0.25, 0.3) is 32.9 Å². The standard InChI is InChI=1S/C35H43BN4O6/c1-19(2)29(39-33(42)43-7)32(41)40-14-8-9-27(40)31-37-26-13-10-20-16-25-23-12-11-22(36-45-34(3,4)35(5,6)46-36)15-21(23)18-44-28(25)17-24(20)30(26)38-31/h10-13,15-17,19,27,29,32,41H,8-9,14,18H2,1-7H3,(H,37,38)(H,39,42). The second kappa shape index (κ2) is 11.3. The molecule has 1 aromatic heterocycles. The molecule has 0 radical (unpaired) electrons. The summed E-state index contributed by atoms with van der Waals surface area (Å²) in [4.78, 5) is 22.7. The van der Waals surface area contributed by atoms with Crippen LogP contribution in [0.4, 0.5) is 4.79 Å². The highest BCUT2D eigenvalue weighted by Gasteiger charge is 2.51. The summed E-state index contributed by atoms with van der Waals surface area (Å²) in [5, 5.41) is 16.3. The first-order chi connectivity index (χ1) is 21.9. The molecule has 46 heavy (non-hydrogen) atoms. The number of imidazole rings is 1. The maximum absolute atomic E-state index is 12.0. The number of amides is 1. The Hall–Kier alpha value is -3.64. The number of aliphatic hydroxyl groups excluding tert-OH is 1. The zero-order valence-electron chi connectivity index (χ0n) is 27.6. The van der Waals surface area contributed by atoms with Gasteiger partial charge in [0, 0.05) is 17.5 Å². The summed E-state index contributed by atoms with van der Waals surface area (Å²) in [5.74, 6) is 1.63. The number of nitrogens with one attached hydrogen (secondary N) is 2. The van der Waals surface area contributed by atoms with Gasteiger partial charge in [-0.1, -0.05) is 38.1 Å². The van der Waals surface area contributed by atoms with E-state index in [1.54, 1.807) is 0 Å². The Bertz CT molecular complexity index is 1800. The second-order valence-corrected chi connectivity index (χ2v) is 14.2. The third kappa shape index (κ3) is 5.14. The van der Waals surface area contributed by atoms with Crippen molar-refractivity contribution in [3.63, 3.8) is 0 Å². The molecule has 2 saturated heterocycles. The predicted molar refractivity (Wildman–Crippen MR) is 178 cm³/mol. The number of carbonyl (C=O) groups is 1. The highest BCUT2D eigenvalue weighted by atomic mass is 16.7. The first kappa shape index (κ1) is 31.0. The van der Waals surface area contributed by atoms with E-state index < -0.39 is 36.7 Å². The number of nitrogens with zero attached hydrogens (tertiary/aromatic N) is 2. The summed E-state index contributed by atoms with van der Waals surface area (Å²) in [6, 6.07) is 14.2. The molecule has 0 spiro atoms. The number of likely N-dealkylation sites (tertiary alicyclic amines) is 1. The fraction of sp³-hybridized carbons (Fsp3) is 0.486. The summed E-state index contributed by atoms with van der Waals surface area (Å²) >= 11 is 0. The molecule has 3 aliphatic heterocycles. The number of aromatic amines is 1. The van der Waals surface area contributed by atoms with Gasteiger partial charge in [-0.2, -0.15) is 0 Å². The summed E-state index contributed by atoms with van der Waals surface area (Å²) in [5.41, 5.74) is 5.28. The fourth-order valence-corrected chi connectivity index (χ4v) is 7.00. The topological polar surface area (TPSA) is 118 Å². The van der Waals surface area contributed by atoms with Crippen LogP contribution in [0.5, 0.6) is 5.75 Å². The Morgan fingerprint density at radius 1 is 1.11 bits per heavy atom. The quantitative estimate of drug-likeness (QED) is 0.243. The summed E-state index contributed by atoms with van der Waals surface area (Å²) < 4.78 is 23.8. The molecule has 3 aliphatic rings. The van der Waals surface area contributed by atoms with Crippen molar-refractivity contribution in [3.05, 3.63) is 53.9 Å². The van der Waals surface area contributed by atoms with Gasteiger partial charge in [-0.25, -0.2) is 9.78 Å². The Morgan fingerprint density at radius 2 is 1.87 bits per heavy atom. The van der Waals surface area contributed by atoms with Crippen LogP contribution in [0, 0.1) is 5.92 Å². The molecule has 4 aromatic rings. The minimum absolute atomic E-state index is 0.00142. The van der Waals surface area contributed by atoms with E-state index in [2.05, 4.69) is 80.5 Å². The highest BCUT2D eigenvalue weighted by molar-refractivity contribution is 6.62. The lowest BCUT2D eigenvalue weighted by molar-refractivity contribution is -0.0439. The number of hydrogen-bond donors (Lipinski definition) is 3. The van der Waals surface area contributed by atoms with Crippen molar-refractivity contribution in [1.29, 1.82) is 0 Å². The summed E-state index contributed by atoms with van der Waals surface area (Å²) in [6.45, 7) is 13.4. The molecule has 0 saturated carbocycles. The van der Waals surface area contributed by atoms with Crippen LogP contribution in [0.2, 0.25) is 0 Å². The first-order valence-electron chi connectivity index (χ1n) is 16.2. The largest absolute Gasteiger partial charge is 0.494 e. The molecule has 3 unspecified atom stereocenters. The van der Waals surface area contributed by atoms with Crippen molar-refractivity contribution in [2.45, 2.75) is 90.5 Å². The number of hydrogen-bond acceptors (Lipinski definition) is 8. The Kier molecular flexibility index (Phi) is 7.59. The molecule has 10 nitrogen and oxygen atoms in total. The number of methoxy groups -OCH3 is 1. The van der Waals surface area contributed by atoms with Gasteiger partial charge in [-0.05, 0) is 86.6 Å². The lowest BCUT2D eigenvalue weighted by atomic mass is 9.77. The van der Waals surface area contributed by atoms with Crippen molar-refractivity contribution in [3.8, 4) is 16.9 Å². The molecule has 3 atom stereocenters. The Balaban J connectivity index is 1.19. The zero-order chi connectivity index (χ0) is 32.5. The first-order valence-corrected chi connectivity index (χ1v) is 16.2. The normalized spacial score (nSPS) is 21.7. The van der Waals surface area contributed by atoms with Crippen molar-refractivity contribution < 1.29 is 28.7 Å². The van der Waals surface area contributed by atoms with Crippen molar-refractivity contribution in [2.24, 2.45) is 5.92 Å². The van der Waals surface area contributed by atoms with Gasteiger partial charge in [-0.15, -0.1) is 0 Å². The van der Waals surface area contributed by atoms with Gasteiger partial charge in [0.25, 0.3) is 0 Å². The van der Waals surface area contributed by atoms with Gasteiger partial charge in [0.1, 0.15) is 24.4 Å². The van der Waals surface area contributed by atoms with Crippen molar-refractivity contribution >= 4 is 40.5 Å². The number of carbonyl (C=O) groups excluding carboxylic acids is 1. The van der Waals surface area contributed by atoms with E-state index in [9.17, 15) is 9.90 Å². The van der Waals surface area contributed by atoms with Crippen LogP contribution in [0.1, 0.15) is 71.8 Å². The number of aliphatic hydroxyl groups is 1. The van der Waals surface area contributed by atoms with E-state index in [0.717, 1.165) is 68.4 Å². The van der Waals surface area contributed by atoms with E-state index in [1.165, 1.54) is 7.11 Å². The molecular formula is C35H43BN4O6. The van der Waals surface area contributed by atoms with Gasteiger partial charge < -0.3 is 34.2 Å². The van der Waals surface area contributed by atoms with E-state index in [-0.39, 0.29) is 12.0 Å². The number of benzene rings is 3. The number of alkyl carbamates (subject to hydrolysis) is 1. The van der Waals surface area contributed by atoms with Gasteiger partial charge >= 0.3 is 13.2 Å². The van der Waals surface area contributed by atoms with Crippen molar-refractivity contribution in [2.75, 3.05) is 13.7 Å². The predicted octanol–water partition coefficient (Wildman–Crippen LogP) is 5.41. The number of ether oxygens (including phenoxy) is 2. The smallest absolute Gasteiger partial charge is 0.488 e. The molecule has 3 aromatic carbocycles. The van der Waals surface area contributed by atoms with Crippen LogP contribution in [0.15, 0.2) is 42.5 Å². The number of aromatic nitrogens is 2. The number of fused-ring (bicyclic) bond motifs is 6. The van der Waals surface area contributed by atoms with E-state index in [1.807, 2.05) is 18.7 Å². The lowest BCUT2D eigenvalue weighted by Crippen LogP contribution is -2.54. The van der Waals surface area contributed by atoms with Gasteiger partial charge in [-0.3, -0.25) is 4.90 Å². The van der Waals surface area contributed by atoms with E-state index in [0.29, 0.717) is 13.2 Å². The molecule has 0 bridgehead atoms. The van der Waals surface area contributed by atoms with Crippen LogP contribution >= 0.6 is 0 Å². The lowest BCUT2D eigenvalue weighted by Gasteiger charge is -2.35. The Labute approximate surface area is 269 Å². The average Bonchev–Trinajstić information content (AvgIpc) is 3.73. The SMILES string of the molecule is COC(=O)NC(C(C)C)C(O)N1CCCC1c1nc2c(ccc3cc4c(cc32)OCc2cc(B3OC(C)(C)C(C)(C)O3)ccc2-4)[nH]1. The second-order valence-electron chi connectivity index (χ2n) is 14.2. The van der Waals surface area contributed by atoms with Crippen LogP contribution in [0.3, 0.4) is 0 Å². The molecule has 7 rings (SSSR count). The average molecular weight is 627 g/mol. The summed E-state index contributed by atoms with van der Waals surface area (Å²) in [7, 11) is 0.906. The minimum atomic E-state index is -0.887. The molecular weight excluding hydrogens is 583 g/mol. The number of rotatable bonds is 6. The molecule has 3 N–H and O–H groups in total. The summed E-state index contributed by atoms with van der Waals surface area (Å²) in [6.07, 6.45) is 0.324. The third-order valence-corrected chi connectivity index (χ3v) is 10.4. The van der Waals surface area contributed by atoms with Gasteiger partial charge in [0.15, 0.2) is 0 Å². The van der Waals surface area contributed by atoms with Crippen LogP contribution < -0.4 is 15.5 Å². The van der Waals surface area contributed by atoms with Crippen molar-refractivity contribution in [1.82, 2.24) is 20.2 Å². The number of H-pyrrole nitrogens is 1. The van der Waals surface area contributed by atoms with Crippen LogP contribution in [-0.2, 0) is 20.7 Å². The minimum Gasteiger partial charge on any atom is -0.488 e. The monoisotopic (exact) mass is 626 g/mol. The fourth-order valence-electron chi connectivity index (χ4n) is 7.00. The van der Waals surface area contributed by atoms with Gasteiger partial charge in [0.2, 0.25) is 0 Å². The molecule has 242 valence electrons. The van der Waals surface area contributed by atoms with E-state index >= 15 is 0 Å². The maximum Gasteiger partial charge on any atom is 0.494 e.